The largest absolute Gasteiger partial charge is 0.282 e. The van der Waals surface area contributed by atoms with Crippen molar-refractivity contribution in [3.05, 3.63) is 0 Å². The van der Waals surface area contributed by atoms with E-state index >= 15 is 0 Å². The molecule has 2 aliphatic rings. The number of hydrogen-bond acceptors (Lipinski definition) is 2. The molecule has 2 unspecified atom stereocenters. The Hall–Kier alpha value is 0.160. The molecule has 0 bridgehead atoms. The van der Waals surface area contributed by atoms with Crippen molar-refractivity contribution in [3.63, 3.8) is 0 Å². The van der Waals surface area contributed by atoms with Crippen LogP contribution in [0.4, 0.5) is 0 Å². The van der Waals surface area contributed by atoms with E-state index in [2.05, 4.69) is 0 Å². The van der Waals surface area contributed by atoms with E-state index in [9.17, 15) is 8.42 Å². The smallest absolute Gasteiger partial charge is 0.195 e. The SMILES string of the molecule is CC1CCCCCN1S(=O)(=O)N1CCCCC1CCl. The highest BCUT2D eigenvalue weighted by Crippen LogP contribution is 2.27. The van der Waals surface area contributed by atoms with Gasteiger partial charge in [0, 0.05) is 31.1 Å². The lowest BCUT2D eigenvalue weighted by Gasteiger charge is -2.38. The minimum Gasteiger partial charge on any atom is -0.195 e. The fraction of sp³-hybridized carbons (Fsp3) is 1.00. The number of hydrogen-bond donors (Lipinski definition) is 0. The van der Waals surface area contributed by atoms with Crippen LogP contribution in [0.2, 0.25) is 0 Å². The summed E-state index contributed by atoms with van der Waals surface area (Å²) < 4.78 is 29.1. The summed E-state index contributed by atoms with van der Waals surface area (Å²) in [6.07, 6.45) is 7.14. The van der Waals surface area contributed by atoms with Crippen LogP contribution in [0.15, 0.2) is 0 Å². The first-order valence-corrected chi connectivity index (χ1v) is 9.35. The molecule has 6 heteroatoms. The van der Waals surface area contributed by atoms with Crippen molar-refractivity contribution < 1.29 is 8.42 Å². The second kappa shape index (κ2) is 6.74. The number of nitrogens with zero attached hydrogens (tertiary/aromatic N) is 2. The molecule has 0 saturated carbocycles. The van der Waals surface area contributed by atoms with Gasteiger partial charge in [0.1, 0.15) is 0 Å². The Morgan fingerprint density at radius 3 is 2.37 bits per heavy atom. The van der Waals surface area contributed by atoms with Crippen LogP contribution in [-0.2, 0) is 10.2 Å². The molecule has 2 fully saturated rings. The molecule has 4 nitrogen and oxygen atoms in total. The zero-order chi connectivity index (χ0) is 13.9. The third kappa shape index (κ3) is 3.43. The van der Waals surface area contributed by atoms with Gasteiger partial charge in [0.05, 0.1) is 0 Å². The molecule has 2 aliphatic heterocycles. The third-order valence-electron chi connectivity index (χ3n) is 4.34. The van der Waals surface area contributed by atoms with Crippen molar-refractivity contribution >= 4 is 21.8 Å². The van der Waals surface area contributed by atoms with Gasteiger partial charge in [0.25, 0.3) is 10.2 Å². The van der Waals surface area contributed by atoms with Gasteiger partial charge >= 0.3 is 0 Å². The molecule has 0 aliphatic carbocycles. The van der Waals surface area contributed by atoms with Gasteiger partial charge in [-0.25, -0.2) is 0 Å². The van der Waals surface area contributed by atoms with Crippen LogP contribution in [0.3, 0.4) is 0 Å². The molecule has 2 atom stereocenters. The predicted molar refractivity (Wildman–Crippen MR) is 78.6 cm³/mol. The summed E-state index contributed by atoms with van der Waals surface area (Å²) in [4.78, 5) is 0. The molecule has 2 heterocycles. The maximum atomic E-state index is 12.9. The van der Waals surface area contributed by atoms with Crippen molar-refractivity contribution in [1.29, 1.82) is 0 Å². The van der Waals surface area contributed by atoms with Crippen molar-refractivity contribution in [2.75, 3.05) is 19.0 Å². The van der Waals surface area contributed by atoms with E-state index in [1.54, 1.807) is 8.61 Å². The maximum absolute atomic E-state index is 12.9. The van der Waals surface area contributed by atoms with Gasteiger partial charge < -0.3 is 0 Å². The molecule has 0 N–H and O–H groups in total. The van der Waals surface area contributed by atoms with Crippen LogP contribution < -0.4 is 0 Å². The van der Waals surface area contributed by atoms with Gasteiger partial charge in [-0.15, -0.1) is 11.6 Å². The first-order chi connectivity index (χ1) is 9.07. The molecular formula is C13H25ClN2O2S. The first kappa shape index (κ1) is 15.5. The summed E-state index contributed by atoms with van der Waals surface area (Å²) in [5, 5.41) is 0. The van der Waals surface area contributed by atoms with Gasteiger partial charge in [-0.1, -0.05) is 19.3 Å². The first-order valence-electron chi connectivity index (χ1n) is 7.42. The molecule has 19 heavy (non-hydrogen) atoms. The lowest BCUT2D eigenvalue weighted by molar-refractivity contribution is 0.233. The molecular weight excluding hydrogens is 284 g/mol. The summed E-state index contributed by atoms with van der Waals surface area (Å²) in [6, 6.07) is 0.0984. The summed E-state index contributed by atoms with van der Waals surface area (Å²) >= 11 is 5.96. The normalized spacial score (nSPS) is 32.1. The summed E-state index contributed by atoms with van der Waals surface area (Å²) in [5.74, 6) is 0.404. The molecule has 2 saturated heterocycles. The predicted octanol–water partition coefficient (Wildman–Crippen LogP) is 2.59. The van der Waals surface area contributed by atoms with Gasteiger partial charge in [0.2, 0.25) is 0 Å². The summed E-state index contributed by atoms with van der Waals surface area (Å²) in [6.45, 7) is 3.32. The van der Waals surface area contributed by atoms with Crippen LogP contribution >= 0.6 is 11.6 Å². The van der Waals surface area contributed by atoms with Crippen LogP contribution in [0, 0.1) is 0 Å². The summed E-state index contributed by atoms with van der Waals surface area (Å²) in [5.41, 5.74) is 0. The van der Waals surface area contributed by atoms with Gasteiger partial charge in [-0.05, 0) is 32.6 Å². The average molecular weight is 309 g/mol. The third-order valence-corrected chi connectivity index (χ3v) is 6.90. The Balaban J connectivity index is 2.19. The van der Waals surface area contributed by atoms with Crippen molar-refractivity contribution in [2.45, 2.75) is 64.0 Å². The Morgan fingerprint density at radius 2 is 1.63 bits per heavy atom. The molecule has 0 aromatic heterocycles. The van der Waals surface area contributed by atoms with Gasteiger partial charge in [-0.2, -0.15) is 17.0 Å². The number of halogens is 1. The lowest BCUT2D eigenvalue weighted by atomic mass is 10.1. The molecule has 0 spiro atoms. The van der Waals surface area contributed by atoms with E-state index in [1.807, 2.05) is 6.92 Å². The van der Waals surface area contributed by atoms with E-state index in [0.717, 1.165) is 44.9 Å². The molecule has 112 valence electrons. The van der Waals surface area contributed by atoms with Crippen molar-refractivity contribution in [3.8, 4) is 0 Å². The second-order valence-corrected chi connectivity index (χ2v) is 7.87. The molecule has 0 radical (unpaired) electrons. The zero-order valence-corrected chi connectivity index (χ0v) is 13.3. The van der Waals surface area contributed by atoms with Crippen molar-refractivity contribution in [1.82, 2.24) is 8.61 Å². The van der Waals surface area contributed by atoms with E-state index in [0.29, 0.717) is 19.0 Å². The Bertz CT molecular complexity index is 380. The highest BCUT2D eigenvalue weighted by Gasteiger charge is 2.38. The standard InChI is InChI=1S/C13H25ClN2O2S/c1-12-7-3-2-5-9-15(12)19(17,18)16-10-6-4-8-13(16)11-14/h12-13H,2-11H2,1H3. The quantitative estimate of drug-likeness (QED) is 0.752. The fourth-order valence-electron chi connectivity index (χ4n) is 3.16. The van der Waals surface area contributed by atoms with Crippen LogP contribution in [0.25, 0.3) is 0 Å². The minimum atomic E-state index is -3.34. The Labute approximate surface area is 122 Å². The van der Waals surface area contributed by atoms with E-state index < -0.39 is 10.2 Å². The van der Waals surface area contributed by atoms with Gasteiger partial charge in [0.15, 0.2) is 0 Å². The van der Waals surface area contributed by atoms with Gasteiger partial charge in [-0.3, -0.25) is 0 Å². The second-order valence-electron chi connectivity index (χ2n) is 5.73. The minimum absolute atomic E-state index is 0.0177. The van der Waals surface area contributed by atoms with Crippen molar-refractivity contribution in [2.24, 2.45) is 0 Å². The number of piperidine rings is 1. The Kier molecular flexibility index (Phi) is 5.52. The zero-order valence-electron chi connectivity index (χ0n) is 11.7. The van der Waals surface area contributed by atoms with Crippen LogP contribution in [0.1, 0.15) is 51.9 Å². The van der Waals surface area contributed by atoms with E-state index in [4.69, 9.17) is 11.6 Å². The van der Waals surface area contributed by atoms with Crippen LogP contribution in [-0.4, -0.2) is 48.1 Å². The number of alkyl halides is 1. The van der Waals surface area contributed by atoms with Crippen LogP contribution in [0.5, 0.6) is 0 Å². The molecule has 0 aromatic carbocycles. The highest BCUT2D eigenvalue weighted by atomic mass is 35.5. The van der Waals surface area contributed by atoms with E-state index in [-0.39, 0.29) is 12.1 Å². The van der Waals surface area contributed by atoms with E-state index in [1.165, 1.54) is 0 Å². The average Bonchev–Trinajstić information content (AvgIpc) is 2.63. The maximum Gasteiger partial charge on any atom is 0.282 e. The topological polar surface area (TPSA) is 40.6 Å². The highest BCUT2D eigenvalue weighted by molar-refractivity contribution is 7.86. The fourth-order valence-corrected chi connectivity index (χ4v) is 5.67. The monoisotopic (exact) mass is 308 g/mol. The Morgan fingerprint density at radius 1 is 1.00 bits per heavy atom. The molecule has 0 aromatic rings. The molecule has 2 rings (SSSR count). The number of rotatable bonds is 3. The molecule has 0 amide bonds. The summed E-state index contributed by atoms with van der Waals surface area (Å²) in [7, 11) is -3.34. The lowest BCUT2D eigenvalue weighted by Crippen LogP contribution is -2.53.